The highest BCUT2D eigenvalue weighted by atomic mass is 32.2. The lowest BCUT2D eigenvalue weighted by Gasteiger charge is -2.04. The number of thiazole rings is 1. The summed E-state index contributed by atoms with van der Waals surface area (Å²) in [4.78, 5) is 4.71. The molecule has 0 bridgehead atoms. The Hall–Kier alpha value is -3.04. The minimum Gasteiger partial charge on any atom is -0.497 e. The van der Waals surface area contributed by atoms with E-state index in [2.05, 4.69) is 10.2 Å². The van der Waals surface area contributed by atoms with Gasteiger partial charge in [0.15, 0.2) is 5.82 Å². The molecule has 4 rings (SSSR count). The third-order valence-electron chi connectivity index (χ3n) is 4.25. The Kier molecular flexibility index (Phi) is 5.68. The van der Waals surface area contributed by atoms with Crippen molar-refractivity contribution >= 4 is 23.1 Å². The summed E-state index contributed by atoms with van der Waals surface area (Å²) in [5.74, 6) is 9.07. The molecule has 0 amide bonds. The maximum Gasteiger partial charge on any atom is 0.210 e. The zero-order valence-corrected chi connectivity index (χ0v) is 17.5. The highest BCUT2D eigenvalue weighted by Crippen LogP contribution is 2.29. The van der Waals surface area contributed by atoms with Gasteiger partial charge in [0, 0.05) is 22.3 Å². The number of hydrogen-bond donors (Lipinski definition) is 1. The van der Waals surface area contributed by atoms with E-state index in [0.717, 1.165) is 33.3 Å². The van der Waals surface area contributed by atoms with Crippen LogP contribution in [0.3, 0.4) is 0 Å². The van der Waals surface area contributed by atoms with Crippen LogP contribution < -0.4 is 15.3 Å². The zero-order valence-electron chi connectivity index (χ0n) is 15.9. The van der Waals surface area contributed by atoms with E-state index in [4.69, 9.17) is 20.3 Å². The molecular weight excluding hydrogens is 406 g/mol. The fourth-order valence-electron chi connectivity index (χ4n) is 2.69. The van der Waals surface area contributed by atoms with Crippen LogP contribution in [0.15, 0.2) is 59.1 Å². The summed E-state index contributed by atoms with van der Waals surface area (Å²) in [6, 6.07) is 15.4. The molecule has 0 saturated carbocycles. The van der Waals surface area contributed by atoms with Crippen LogP contribution in [-0.2, 0) is 5.75 Å². The normalized spacial score (nSPS) is 10.8. The lowest BCUT2D eigenvalue weighted by atomic mass is 10.2. The van der Waals surface area contributed by atoms with Gasteiger partial charge in [-0.15, -0.1) is 21.5 Å². The summed E-state index contributed by atoms with van der Waals surface area (Å²) >= 11 is 3.11. The standard InChI is InChI=1S/C20H19N5O2S2/c1-26-16-7-3-13(4-8-16)18-23-24-20(25(18)21)29-12-15-11-28-19(22-15)14-5-9-17(27-2)10-6-14/h3-11H,12,21H2,1-2H3. The minimum absolute atomic E-state index is 0.604. The molecule has 0 fully saturated rings. The second kappa shape index (κ2) is 8.54. The lowest BCUT2D eigenvalue weighted by Crippen LogP contribution is -2.11. The molecular formula is C20H19N5O2S2. The van der Waals surface area contributed by atoms with Gasteiger partial charge >= 0.3 is 0 Å². The SMILES string of the molecule is COc1ccc(-c2nc(CSc3nnc(-c4ccc(OC)cc4)n3N)cs2)cc1. The number of benzene rings is 2. The van der Waals surface area contributed by atoms with Crippen molar-refractivity contribution in [1.82, 2.24) is 19.9 Å². The van der Waals surface area contributed by atoms with Crippen LogP contribution in [0, 0.1) is 0 Å². The van der Waals surface area contributed by atoms with Crippen molar-refractivity contribution in [2.75, 3.05) is 20.1 Å². The summed E-state index contributed by atoms with van der Waals surface area (Å²) in [5, 5.41) is 12.1. The van der Waals surface area contributed by atoms with Crippen LogP contribution in [0.2, 0.25) is 0 Å². The highest BCUT2D eigenvalue weighted by Gasteiger charge is 2.13. The molecule has 0 radical (unpaired) electrons. The van der Waals surface area contributed by atoms with Gasteiger partial charge in [-0.25, -0.2) is 9.66 Å². The number of nitrogens with two attached hydrogens (primary N) is 1. The van der Waals surface area contributed by atoms with Crippen molar-refractivity contribution in [2.24, 2.45) is 0 Å². The summed E-state index contributed by atoms with van der Waals surface area (Å²) in [7, 11) is 3.29. The van der Waals surface area contributed by atoms with E-state index in [1.807, 2.05) is 53.9 Å². The van der Waals surface area contributed by atoms with Gasteiger partial charge in [-0.05, 0) is 48.5 Å². The van der Waals surface area contributed by atoms with Gasteiger partial charge in [-0.1, -0.05) is 11.8 Å². The van der Waals surface area contributed by atoms with Crippen molar-refractivity contribution in [3.63, 3.8) is 0 Å². The Balaban J connectivity index is 1.44. The third kappa shape index (κ3) is 4.20. The van der Waals surface area contributed by atoms with Gasteiger partial charge < -0.3 is 15.3 Å². The first-order chi connectivity index (χ1) is 14.2. The number of ether oxygens (including phenoxy) is 2. The van der Waals surface area contributed by atoms with Crippen molar-refractivity contribution in [3.8, 4) is 33.5 Å². The Morgan fingerprint density at radius 1 is 0.931 bits per heavy atom. The van der Waals surface area contributed by atoms with E-state index in [0.29, 0.717) is 16.7 Å². The Bertz CT molecular complexity index is 1090. The molecule has 4 aromatic rings. The van der Waals surface area contributed by atoms with Crippen LogP contribution >= 0.6 is 23.1 Å². The average molecular weight is 426 g/mol. The smallest absolute Gasteiger partial charge is 0.210 e. The monoisotopic (exact) mass is 425 g/mol. The van der Waals surface area contributed by atoms with Crippen molar-refractivity contribution in [2.45, 2.75) is 10.9 Å². The quantitative estimate of drug-likeness (QED) is 0.352. The first-order valence-electron chi connectivity index (χ1n) is 8.74. The van der Waals surface area contributed by atoms with E-state index >= 15 is 0 Å². The molecule has 0 atom stereocenters. The van der Waals surface area contributed by atoms with E-state index in [-0.39, 0.29) is 0 Å². The number of rotatable bonds is 7. The van der Waals surface area contributed by atoms with Crippen LogP contribution in [0.5, 0.6) is 11.5 Å². The number of aromatic nitrogens is 4. The second-order valence-corrected chi connectivity index (χ2v) is 7.87. The topological polar surface area (TPSA) is 88.1 Å². The molecule has 9 heteroatoms. The predicted octanol–water partition coefficient (Wildman–Crippen LogP) is 4.09. The van der Waals surface area contributed by atoms with Gasteiger partial charge in [0.25, 0.3) is 0 Å². The Morgan fingerprint density at radius 3 is 2.17 bits per heavy atom. The molecule has 0 spiro atoms. The Labute approximate surface area is 176 Å². The molecule has 0 saturated heterocycles. The number of thioether (sulfide) groups is 1. The van der Waals surface area contributed by atoms with Gasteiger partial charge in [-0.3, -0.25) is 0 Å². The van der Waals surface area contributed by atoms with Crippen LogP contribution in [-0.4, -0.2) is 34.1 Å². The molecule has 0 aliphatic rings. The van der Waals surface area contributed by atoms with Gasteiger partial charge in [0.05, 0.1) is 19.9 Å². The fraction of sp³-hybridized carbons (Fsp3) is 0.150. The predicted molar refractivity (Wildman–Crippen MR) is 116 cm³/mol. The molecule has 148 valence electrons. The van der Waals surface area contributed by atoms with E-state index < -0.39 is 0 Å². The summed E-state index contributed by atoms with van der Waals surface area (Å²) in [6.07, 6.45) is 0. The van der Waals surface area contributed by atoms with Crippen molar-refractivity contribution in [1.29, 1.82) is 0 Å². The zero-order chi connectivity index (χ0) is 20.2. The van der Waals surface area contributed by atoms with Crippen LogP contribution in [0.4, 0.5) is 0 Å². The van der Waals surface area contributed by atoms with E-state index in [1.165, 1.54) is 16.4 Å². The molecule has 2 aromatic carbocycles. The molecule has 0 unspecified atom stereocenters. The molecule has 2 aromatic heterocycles. The van der Waals surface area contributed by atoms with E-state index in [1.54, 1.807) is 25.6 Å². The number of hydrogen-bond acceptors (Lipinski definition) is 8. The van der Waals surface area contributed by atoms with Crippen LogP contribution in [0.1, 0.15) is 5.69 Å². The molecule has 0 aliphatic carbocycles. The van der Waals surface area contributed by atoms with Gasteiger partial charge in [-0.2, -0.15) is 0 Å². The molecule has 0 aliphatic heterocycles. The number of nitrogen functional groups attached to an aromatic ring is 1. The van der Waals surface area contributed by atoms with Gasteiger partial charge in [0.1, 0.15) is 16.5 Å². The van der Waals surface area contributed by atoms with Crippen molar-refractivity contribution < 1.29 is 9.47 Å². The average Bonchev–Trinajstić information content (AvgIpc) is 3.39. The summed E-state index contributed by atoms with van der Waals surface area (Å²) in [6.45, 7) is 0. The van der Waals surface area contributed by atoms with Crippen LogP contribution in [0.25, 0.3) is 22.0 Å². The van der Waals surface area contributed by atoms with E-state index in [9.17, 15) is 0 Å². The minimum atomic E-state index is 0.604. The maximum absolute atomic E-state index is 6.20. The molecule has 29 heavy (non-hydrogen) atoms. The molecule has 7 nitrogen and oxygen atoms in total. The summed E-state index contributed by atoms with van der Waals surface area (Å²) in [5.41, 5.74) is 2.92. The highest BCUT2D eigenvalue weighted by molar-refractivity contribution is 7.98. The number of methoxy groups -OCH3 is 2. The first-order valence-corrected chi connectivity index (χ1v) is 10.6. The summed E-state index contributed by atoms with van der Waals surface area (Å²) < 4.78 is 11.9. The largest absolute Gasteiger partial charge is 0.497 e. The van der Waals surface area contributed by atoms with Gasteiger partial charge in [0.2, 0.25) is 5.16 Å². The maximum atomic E-state index is 6.20. The number of nitrogens with zero attached hydrogens (tertiary/aromatic N) is 4. The van der Waals surface area contributed by atoms with Crippen molar-refractivity contribution in [3.05, 3.63) is 59.6 Å². The fourth-order valence-corrected chi connectivity index (χ4v) is 4.37. The first kappa shape index (κ1) is 19.3. The second-order valence-electron chi connectivity index (χ2n) is 6.07. The third-order valence-corrected chi connectivity index (χ3v) is 6.17. The molecule has 2 N–H and O–H groups in total. The lowest BCUT2D eigenvalue weighted by molar-refractivity contribution is 0.415. The Morgan fingerprint density at radius 2 is 1.55 bits per heavy atom. The molecule has 2 heterocycles.